The molecule has 1 aliphatic rings. The molecule has 2 heterocycles. The topological polar surface area (TPSA) is 54.3 Å². The number of nitrogens with one attached hydrogen (secondary N) is 2. The summed E-state index contributed by atoms with van der Waals surface area (Å²) in [4.78, 5) is 12.4. The maximum atomic E-state index is 12.4. The van der Waals surface area contributed by atoms with Gasteiger partial charge in [0.1, 0.15) is 11.3 Å². The smallest absolute Gasteiger partial charge is 0.230 e. The molecule has 1 aromatic heterocycles. The zero-order valence-corrected chi connectivity index (χ0v) is 12.6. The number of amides is 1. The Labute approximate surface area is 124 Å². The highest BCUT2D eigenvalue weighted by Crippen LogP contribution is 2.25. The van der Waals surface area contributed by atoms with Crippen LogP contribution in [0, 0.1) is 0 Å². The molecule has 0 saturated carbocycles. The quantitative estimate of drug-likeness (QED) is 0.912. The number of carbonyl (C=O) groups is 1. The molecule has 1 amide bonds. The van der Waals surface area contributed by atoms with Crippen molar-refractivity contribution in [2.24, 2.45) is 0 Å². The second-order valence-corrected chi connectivity index (χ2v) is 5.99. The first-order valence-electron chi connectivity index (χ1n) is 7.65. The molecule has 1 aromatic carbocycles. The van der Waals surface area contributed by atoms with E-state index >= 15 is 0 Å². The van der Waals surface area contributed by atoms with Gasteiger partial charge >= 0.3 is 0 Å². The van der Waals surface area contributed by atoms with Gasteiger partial charge in [-0.1, -0.05) is 18.2 Å². The minimum Gasteiger partial charge on any atom is -0.460 e. The molecule has 112 valence electrons. The van der Waals surface area contributed by atoms with Crippen LogP contribution in [-0.4, -0.2) is 24.5 Å². The van der Waals surface area contributed by atoms with Crippen molar-refractivity contribution in [1.82, 2.24) is 10.6 Å². The number of piperidine rings is 1. The van der Waals surface area contributed by atoms with E-state index in [0.717, 1.165) is 36.1 Å². The summed E-state index contributed by atoms with van der Waals surface area (Å²) < 4.78 is 5.79. The summed E-state index contributed by atoms with van der Waals surface area (Å²) in [6.07, 6.45) is 1.97. The van der Waals surface area contributed by atoms with E-state index in [9.17, 15) is 4.79 Å². The van der Waals surface area contributed by atoms with Crippen LogP contribution in [0.4, 0.5) is 0 Å². The number of carbonyl (C=O) groups excluding carboxylic acids is 1. The predicted molar refractivity (Wildman–Crippen MR) is 83.3 cm³/mol. The molecular weight excluding hydrogens is 264 g/mol. The Balaban J connectivity index is 1.68. The molecule has 3 rings (SSSR count). The van der Waals surface area contributed by atoms with Crippen molar-refractivity contribution in [3.8, 4) is 0 Å². The van der Waals surface area contributed by atoms with E-state index in [2.05, 4.69) is 17.6 Å². The van der Waals surface area contributed by atoms with Gasteiger partial charge in [0.15, 0.2) is 0 Å². The molecule has 0 aliphatic carbocycles. The van der Waals surface area contributed by atoms with Gasteiger partial charge in [-0.15, -0.1) is 0 Å². The van der Waals surface area contributed by atoms with Gasteiger partial charge in [-0.2, -0.15) is 0 Å². The number of hydrogen-bond acceptors (Lipinski definition) is 3. The van der Waals surface area contributed by atoms with E-state index < -0.39 is 0 Å². The summed E-state index contributed by atoms with van der Waals surface area (Å²) in [6.45, 7) is 5.02. The van der Waals surface area contributed by atoms with Crippen LogP contribution in [0.1, 0.15) is 38.4 Å². The molecule has 4 heteroatoms. The Hall–Kier alpha value is -1.81. The van der Waals surface area contributed by atoms with Gasteiger partial charge in [-0.3, -0.25) is 4.79 Å². The molecule has 2 aromatic rings. The summed E-state index contributed by atoms with van der Waals surface area (Å²) in [7, 11) is 0. The minimum absolute atomic E-state index is 0.0492. The first kappa shape index (κ1) is 14.1. The lowest BCUT2D eigenvalue weighted by Crippen LogP contribution is -2.47. The molecule has 3 atom stereocenters. The van der Waals surface area contributed by atoms with Crippen LogP contribution in [0.3, 0.4) is 0 Å². The number of furan rings is 1. The lowest BCUT2D eigenvalue weighted by Gasteiger charge is -2.29. The van der Waals surface area contributed by atoms with Gasteiger partial charge in [0.25, 0.3) is 0 Å². The largest absolute Gasteiger partial charge is 0.460 e. The molecule has 0 spiro atoms. The highest BCUT2D eigenvalue weighted by atomic mass is 16.3. The highest BCUT2D eigenvalue weighted by molar-refractivity contribution is 5.85. The van der Waals surface area contributed by atoms with E-state index in [0.29, 0.717) is 6.04 Å². The third-order valence-electron chi connectivity index (χ3n) is 4.23. The molecule has 0 bridgehead atoms. The SMILES string of the molecule is CC1CC(NC(=O)C(C)c2cc3ccccc3o2)CCN1. The van der Waals surface area contributed by atoms with Crippen LogP contribution in [0.15, 0.2) is 34.7 Å². The Morgan fingerprint density at radius 1 is 1.43 bits per heavy atom. The second kappa shape index (κ2) is 5.90. The maximum absolute atomic E-state index is 12.4. The predicted octanol–water partition coefficient (Wildman–Crippen LogP) is 2.79. The lowest BCUT2D eigenvalue weighted by atomic mass is 9.99. The van der Waals surface area contributed by atoms with Crippen molar-refractivity contribution >= 4 is 16.9 Å². The Bertz CT molecular complexity index is 602. The maximum Gasteiger partial charge on any atom is 0.230 e. The summed E-state index contributed by atoms with van der Waals surface area (Å²) in [5, 5.41) is 7.59. The van der Waals surface area contributed by atoms with Gasteiger partial charge in [-0.05, 0) is 45.4 Å². The van der Waals surface area contributed by atoms with Crippen molar-refractivity contribution in [1.29, 1.82) is 0 Å². The first-order chi connectivity index (χ1) is 10.1. The minimum atomic E-state index is -0.261. The van der Waals surface area contributed by atoms with Crippen LogP contribution in [0.2, 0.25) is 0 Å². The van der Waals surface area contributed by atoms with Crippen molar-refractivity contribution in [2.45, 2.75) is 44.7 Å². The second-order valence-electron chi connectivity index (χ2n) is 5.99. The fourth-order valence-electron chi connectivity index (χ4n) is 2.93. The summed E-state index contributed by atoms with van der Waals surface area (Å²) in [5.74, 6) is 0.520. The molecule has 1 fully saturated rings. The van der Waals surface area contributed by atoms with Crippen molar-refractivity contribution in [2.75, 3.05) is 6.54 Å². The average molecular weight is 286 g/mol. The van der Waals surface area contributed by atoms with E-state index in [1.54, 1.807) is 0 Å². The van der Waals surface area contributed by atoms with Crippen molar-refractivity contribution < 1.29 is 9.21 Å². The lowest BCUT2D eigenvalue weighted by molar-refractivity contribution is -0.123. The molecule has 1 aliphatic heterocycles. The van der Waals surface area contributed by atoms with Crippen LogP contribution < -0.4 is 10.6 Å². The van der Waals surface area contributed by atoms with Gasteiger partial charge < -0.3 is 15.1 Å². The third kappa shape index (κ3) is 3.10. The van der Waals surface area contributed by atoms with E-state index in [1.807, 2.05) is 37.3 Å². The summed E-state index contributed by atoms with van der Waals surface area (Å²) in [5.41, 5.74) is 0.836. The zero-order chi connectivity index (χ0) is 14.8. The molecule has 3 unspecified atom stereocenters. The third-order valence-corrected chi connectivity index (χ3v) is 4.23. The van der Waals surface area contributed by atoms with Gasteiger partial charge in [0.2, 0.25) is 5.91 Å². The Morgan fingerprint density at radius 3 is 3.00 bits per heavy atom. The Morgan fingerprint density at radius 2 is 2.24 bits per heavy atom. The summed E-state index contributed by atoms with van der Waals surface area (Å²) >= 11 is 0. The Kier molecular flexibility index (Phi) is 3.97. The standard InChI is InChI=1S/C17H22N2O2/c1-11-9-14(7-8-18-11)19-17(20)12(2)16-10-13-5-3-4-6-15(13)21-16/h3-6,10-12,14,18H,7-9H2,1-2H3,(H,19,20). The van der Waals surface area contributed by atoms with Gasteiger partial charge in [0.05, 0.1) is 5.92 Å². The van der Waals surface area contributed by atoms with Crippen LogP contribution in [0.25, 0.3) is 11.0 Å². The monoisotopic (exact) mass is 286 g/mol. The zero-order valence-electron chi connectivity index (χ0n) is 12.6. The number of para-hydroxylation sites is 1. The number of hydrogen-bond donors (Lipinski definition) is 2. The van der Waals surface area contributed by atoms with Crippen LogP contribution in [-0.2, 0) is 4.79 Å². The average Bonchev–Trinajstić information content (AvgIpc) is 2.90. The molecule has 21 heavy (non-hydrogen) atoms. The number of rotatable bonds is 3. The van der Waals surface area contributed by atoms with Crippen molar-refractivity contribution in [3.63, 3.8) is 0 Å². The molecule has 1 saturated heterocycles. The van der Waals surface area contributed by atoms with Crippen LogP contribution >= 0.6 is 0 Å². The molecular formula is C17H22N2O2. The van der Waals surface area contributed by atoms with Crippen LogP contribution in [0.5, 0.6) is 0 Å². The summed E-state index contributed by atoms with van der Waals surface area (Å²) in [6, 6.07) is 10.5. The number of fused-ring (bicyclic) bond motifs is 1. The molecule has 0 radical (unpaired) electrons. The normalized spacial score (nSPS) is 23.9. The van der Waals surface area contributed by atoms with E-state index in [4.69, 9.17) is 4.42 Å². The van der Waals surface area contributed by atoms with Crippen molar-refractivity contribution in [3.05, 3.63) is 36.1 Å². The van der Waals surface area contributed by atoms with E-state index in [1.165, 1.54) is 0 Å². The highest BCUT2D eigenvalue weighted by Gasteiger charge is 2.24. The van der Waals surface area contributed by atoms with Gasteiger partial charge in [0, 0.05) is 17.5 Å². The van der Waals surface area contributed by atoms with Gasteiger partial charge in [-0.25, -0.2) is 0 Å². The molecule has 4 nitrogen and oxygen atoms in total. The van der Waals surface area contributed by atoms with E-state index in [-0.39, 0.29) is 17.9 Å². The first-order valence-corrected chi connectivity index (χ1v) is 7.65. The fraction of sp³-hybridized carbons (Fsp3) is 0.471. The number of benzene rings is 1. The molecule has 2 N–H and O–H groups in total. The fourth-order valence-corrected chi connectivity index (χ4v) is 2.93.